The number of carbonyl (C=O) groups excluding carboxylic acids is 1. The normalized spacial score (nSPS) is 23.6. The van der Waals surface area contributed by atoms with Crippen LogP contribution in [0, 0.1) is 0 Å². The van der Waals surface area contributed by atoms with Crippen LogP contribution < -0.4 is 5.32 Å². The van der Waals surface area contributed by atoms with Crippen molar-refractivity contribution in [2.75, 3.05) is 11.9 Å². The molecule has 6 rings (SSSR count). The molecule has 0 radical (unpaired) electrons. The minimum absolute atomic E-state index is 0.0335. The lowest BCUT2D eigenvalue weighted by Gasteiger charge is -2.51. The van der Waals surface area contributed by atoms with Gasteiger partial charge in [-0.1, -0.05) is 11.3 Å². The third-order valence-corrected chi connectivity index (χ3v) is 6.78. The van der Waals surface area contributed by atoms with Crippen LogP contribution in [0.25, 0.3) is 33.2 Å². The molecular formula is C22H24N8O. The number of hydrogen-bond acceptors (Lipinski definition) is 6. The summed E-state index contributed by atoms with van der Waals surface area (Å²) in [6, 6.07) is 6.39. The summed E-state index contributed by atoms with van der Waals surface area (Å²) in [6.45, 7) is 3.07. The molecule has 1 aliphatic carbocycles. The van der Waals surface area contributed by atoms with Crippen molar-refractivity contribution in [3.05, 3.63) is 30.6 Å². The Morgan fingerprint density at radius 1 is 1.29 bits per heavy atom. The first-order valence-corrected chi connectivity index (χ1v) is 10.7. The number of H-pyrrole nitrogens is 1. The van der Waals surface area contributed by atoms with Crippen molar-refractivity contribution in [3.63, 3.8) is 0 Å². The van der Waals surface area contributed by atoms with Crippen molar-refractivity contribution in [1.82, 2.24) is 34.8 Å². The number of nitrogens with zero attached hydrogens (tertiary/aromatic N) is 6. The predicted molar refractivity (Wildman–Crippen MR) is 117 cm³/mol. The first-order valence-electron chi connectivity index (χ1n) is 10.7. The molecule has 31 heavy (non-hydrogen) atoms. The second-order valence-electron chi connectivity index (χ2n) is 8.97. The fourth-order valence-corrected chi connectivity index (χ4v) is 5.14. The monoisotopic (exact) mass is 416 g/mol. The van der Waals surface area contributed by atoms with Gasteiger partial charge in [0.05, 0.1) is 5.52 Å². The van der Waals surface area contributed by atoms with Gasteiger partial charge in [-0.25, -0.2) is 9.67 Å². The van der Waals surface area contributed by atoms with E-state index in [1.165, 1.54) is 0 Å². The van der Waals surface area contributed by atoms with Crippen molar-refractivity contribution in [2.24, 2.45) is 7.05 Å². The summed E-state index contributed by atoms with van der Waals surface area (Å²) in [7, 11) is 1.89. The van der Waals surface area contributed by atoms with Crippen LogP contribution in [0.4, 0.5) is 5.95 Å². The molecule has 0 spiro atoms. The highest BCUT2D eigenvalue weighted by Gasteiger charge is 2.48. The second-order valence-corrected chi connectivity index (χ2v) is 8.97. The molecule has 1 aliphatic heterocycles. The van der Waals surface area contributed by atoms with Crippen LogP contribution in [0.2, 0.25) is 0 Å². The van der Waals surface area contributed by atoms with Gasteiger partial charge in [-0.05, 0) is 43.9 Å². The molecule has 2 fully saturated rings. The molecule has 9 nitrogen and oxygen atoms in total. The molecule has 1 amide bonds. The number of hydrogen-bond donors (Lipinski definition) is 2. The molecule has 2 N–H and O–H groups in total. The predicted octanol–water partition coefficient (Wildman–Crippen LogP) is 2.86. The Labute approximate surface area is 178 Å². The van der Waals surface area contributed by atoms with Crippen molar-refractivity contribution in [2.45, 2.75) is 44.2 Å². The van der Waals surface area contributed by atoms with Gasteiger partial charge in [-0.2, -0.15) is 4.98 Å². The zero-order valence-electron chi connectivity index (χ0n) is 17.6. The van der Waals surface area contributed by atoms with Gasteiger partial charge in [0.15, 0.2) is 0 Å². The van der Waals surface area contributed by atoms with Crippen molar-refractivity contribution in [3.8, 4) is 11.1 Å². The zero-order valence-corrected chi connectivity index (χ0v) is 17.6. The van der Waals surface area contributed by atoms with Gasteiger partial charge >= 0.3 is 0 Å². The third-order valence-electron chi connectivity index (χ3n) is 6.78. The molecule has 1 saturated heterocycles. The minimum Gasteiger partial charge on any atom is -0.351 e. The lowest BCUT2D eigenvalue weighted by atomic mass is 9.73. The number of aromatic amines is 1. The maximum atomic E-state index is 12.1. The number of benzene rings is 1. The van der Waals surface area contributed by atoms with Crippen LogP contribution in [0.1, 0.15) is 32.6 Å². The number of aromatic nitrogens is 6. The Morgan fingerprint density at radius 3 is 2.97 bits per heavy atom. The van der Waals surface area contributed by atoms with E-state index in [0.29, 0.717) is 12.4 Å². The number of aryl methyl sites for hydroxylation is 1. The maximum absolute atomic E-state index is 12.1. The van der Waals surface area contributed by atoms with E-state index in [2.05, 4.69) is 48.5 Å². The Bertz CT molecular complexity index is 1320. The fraction of sp³-hybridized carbons (Fsp3) is 0.409. The van der Waals surface area contributed by atoms with Crippen LogP contribution >= 0.6 is 0 Å². The fourth-order valence-electron chi connectivity index (χ4n) is 5.14. The molecule has 158 valence electrons. The van der Waals surface area contributed by atoms with E-state index < -0.39 is 0 Å². The van der Waals surface area contributed by atoms with Gasteiger partial charge in [0, 0.05) is 54.9 Å². The summed E-state index contributed by atoms with van der Waals surface area (Å²) in [5.41, 5.74) is 4.74. The van der Waals surface area contributed by atoms with Gasteiger partial charge < -0.3 is 15.2 Å². The molecular weight excluding hydrogens is 392 g/mol. The summed E-state index contributed by atoms with van der Waals surface area (Å²) in [5, 5.41) is 12.6. The summed E-state index contributed by atoms with van der Waals surface area (Å²) in [4.78, 5) is 26.7. The van der Waals surface area contributed by atoms with E-state index in [0.717, 1.165) is 59.0 Å². The first-order chi connectivity index (χ1) is 15.0. The number of amides is 1. The largest absolute Gasteiger partial charge is 0.351 e. The Kier molecular flexibility index (Phi) is 3.84. The molecule has 1 aromatic carbocycles. The number of carbonyl (C=O) groups is 1. The van der Waals surface area contributed by atoms with E-state index in [4.69, 9.17) is 0 Å². The second kappa shape index (κ2) is 6.50. The van der Waals surface area contributed by atoms with Crippen molar-refractivity contribution >= 4 is 33.9 Å². The van der Waals surface area contributed by atoms with Crippen molar-refractivity contribution < 1.29 is 4.79 Å². The van der Waals surface area contributed by atoms with E-state index in [1.807, 2.05) is 31.6 Å². The SMILES string of the molecule is Cn1nnc2ccc(-c3c[nH]c4nc(N[C@H]5C[C@](C)(N6CCCC6=O)C5)ncc34)cc21. The third kappa shape index (κ3) is 2.87. The van der Waals surface area contributed by atoms with E-state index in [-0.39, 0.29) is 17.5 Å². The van der Waals surface area contributed by atoms with Crippen LogP contribution in [0.15, 0.2) is 30.6 Å². The molecule has 4 aromatic rings. The molecule has 1 saturated carbocycles. The smallest absolute Gasteiger partial charge is 0.224 e. The van der Waals surface area contributed by atoms with Gasteiger partial charge in [0.2, 0.25) is 11.9 Å². The summed E-state index contributed by atoms with van der Waals surface area (Å²) < 4.78 is 1.77. The first kappa shape index (κ1) is 18.3. The zero-order chi connectivity index (χ0) is 21.2. The van der Waals surface area contributed by atoms with Gasteiger partial charge in [0.1, 0.15) is 11.2 Å². The summed E-state index contributed by atoms with van der Waals surface area (Å²) in [6.07, 6.45) is 7.35. The minimum atomic E-state index is -0.0335. The van der Waals surface area contributed by atoms with Gasteiger partial charge in [0.25, 0.3) is 0 Å². The Hall–Kier alpha value is -3.49. The quantitative estimate of drug-likeness (QED) is 0.530. The number of nitrogens with one attached hydrogen (secondary N) is 2. The topological polar surface area (TPSA) is 105 Å². The summed E-state index contributed by atoms with van der Waals surface area (Å²) in [5.74, 6) is 0.907. The van der Waals surface area contributed by atoms with Crippen LogP contribution in [0.3, 0.4) is 0 Å². The average Bonchev–Trinajstić information content (AvgIpc) is 3.45. The standard InChI is InChI=1S/C22H24N8O/c1-22(30-7-3-4-19(30)31)9-14(10-22)25-21-24-12-16-15(11-23-20(16)26-21)13-5-6-17-18(8-13)29(2)28-27-17/h5-6,8,11-12,14H,3-4,7,9-10H2,1-2H3,(H2,23,24,25,26)/t14-,22-. The van der Waals surface area contributed by atoms with E-state index >= 15 is 0 Å². The van der Waals surface area contributed by atoms with E-state index in [9.17, 15) is 4.79 Å². The molecule has 0 bridgehead atoms. The van der Waals surface area contributed by atoms with Crippen molar-refractivity contribution in [1.29, 1.82) is 0 Å². The van der Waals surface area contributed by atoms with Gasteiger partial charge in [-0.15, -0.1) is 5.10 Å². The number of anilines is 1. The van der Waals surface area contributed by atoms with Crippen LogP contribution in [-0.4, -0.2) is 58.9 Å². The van der Waals surface area contributed by atoms with E-state index in [1.54, 1.807) is 4.68 Å². The highest BCUT2D eigenvalue weighted by atomic mass is 16.2. The maximum Gasteiger partial charge on any atom is 0.224 e. The number of fused-ring (bicyclic) bond motifs is 2. The Morgan fingerprint density at radius 2 is 2.16 bits per heavy atom. The molecule has 0 atom stereocenters. The summed E-state index contributed by atoms with van der Waals surface area (Å²) >= 11 is 0. The number of rotatable bonds is 4. The Balaban J connectivity index is 1.21. The van der Waals surface area contributed by atoms with Crippen LogP contribution in [-0.2, 0) is 11.8 Å². The molecule has 2 aliphatic rings. The highest BCUT2D eigenvalue weighted by molar-refractivity contribution is 5.95. The highest BCUT2D eigenvalue weighted by Crippen LogP contribution is 2.41. The molecule has 3 aromatic heterocycles. The molecule has 4 heterocycles. The number of likely N-dealkylation sites (tertiary alicyclic amines) is 1. The molecule has 0 unspecified atom stereocenters. The lowest BCUT2D eigenvalue weighted by Crippen LogP contribution is -2.59. The van der Waals surface area contributed by atoms with Gasteiger partial charge in [-0.3, -0.25) is 4.79 Å². The lowest BCUT2D eigenvalue weighted by molar-refractivity contribution is -0.136. The van der Waals surface area contributed by atoms with Crippen LogP contribution in [0.5, 0.6) is 0 Å². The average molecular weight is 416 g/mol. The molecule has 9 heteroatoms.